The number of aliphatic hydroxyl groups excluding tert-OH is 1. The summed E-state index contributed by atoms with van der Waals surface area (Å²) in [6, 6.07) is 17.5. The second-order valence-corrected chi connectivity index (χ2v) is 12.0. The van der Waals surface area contributed by atoms with Gasteiger partial charge in [0.15, 0.2) is 5.65 Å². The topological polar surface area (TPSA) is 101 Å². The van der Waals surface area contributed by atoms with Gasteiger partial charge in [0.25, 0.3) is 0 Å². The minimum atomic E-state index is 0.244. The van der Waals surface area contributed by atoms with Gasteiger partial charge in [-0.25, -0.2) is 14.6 Å². The van der Waals surface area contributed by atoms with E-state index in [9.17, 15) is 5.11 Å². The standard InChI is InChI=1S/C32H37ClN8O/c33-27-4-2-1-3-24(27)20-40-14-7-22-19-23(5-6-28(22)40)30-29-31(34)35-21-36-32(29)41(37-30)26-10-15-39(16-11-26)25-8-12-38(13-9-25)17-18-42/h1-7,14,19,21,25-26,42H,8-13,15-18,20H2,(H2,34,35,36). The van der Waals surface area contributed by atoms with Gasteiger partial charge in [0.2, 0.25) is 0 Å². The third kappa shape index (κ3) is 5.15. The van der Waals surface area contributed by atoms with Gasteiger partial charge in [-0.2, -0.15) is 5.10 Å². The van der Waals surface area contributed by atoms with Gasteiger partial charge >= 0.3 is 0 Å². The predicted octanol–water partition coefficient (Wildman–Crippen LogP) is 4.83. The lowest BCUT2D eigenvalue weighted by molar-refractivity contribution is 0.0715. The van der Waals surface area contributed by atoms with E-state index in [0.29, 0.717) is 18.4 Å². The van der Waals surface area contributed by atoms with Gasteiger partial charge < -0.3 is 25.2 Å². The largest absolute Gasteiger partial charge is 0.395 e. The summed E-state index contributed by atoms with van der Waals surface area (Å²) in [5, 5.41) is 17.2. The van der Waals surface area contributed by atoms with Crippen LogP contribution in [0.3, 0.4) is 0 Å². The number of aromatic nitrogens is 5. The van der Waals surface area contributed by atoms with Crippen molar-refractivity contribution in [2.24, 2.45) is 0 Å². The summed E-state index contributed by atoms with van der Waals surface area (Å²) in [4.78, 5) is 14.0. The monoisotopic (exact) mass is 584 g/mol. The molecule has 2 aliphatic rings. The molecule has 42 heavy (non-hydrogen) atoms. The molecule has 3 aromatic heterocycles. The van der Waals surface area contributed by atoms with Crippen molar-refractivity contribution < 1.29 is 5.11 Å². The lowest BCUT2D eigenvalue weighted by atomic mass is 9.98. The van der Waals surface area contributed by atoms with Gasteiger partial charge in [0.1, 0.15) is 17.8 Å². The van der Waals surface area contributed by atoms with E-state index in [-0.39, 0.29) is 12.6 Å². The van der Waals surface area contributed by atoms with E-state index in [1.165, 1.54) is 12.8 Å². The van der Waals surface area contributed by atoms with Crippen molar-refractivity contribution in [3.63, 3.8) is 0 Å². The molecule has 0 unspecified atom stereocenters. The number of nitrogens with zero attached hydrogens (tertiary/aromatic N) is 7. The maximum atomic E-state index is 9.26. The van der Waals surface area contributed by atoms with E-state index in [1.54, 1.807) is 6.33 Å². The number of halogens is 1. The summed E-state index contributed by atoms with van der Waals surface area (Å²) in [6.07, 6.45) is 8.06. The Labute approximate surface area is 250 Å². The number of nitrogens with two attached hydrogens (primary N) is 1. The summed E-state index contributed by atoms with van der Waals surface area (Å²) in [7, 11) is 0. The molecule has 10 heteroatoms. The molecule has 5 heterocycles. The average molecular weight is 585 g/mol. The molecule has 0 aliphatic carbocycles. The molecule has 9 nitrogen and oxygen atoms in total. The lowest BCUT2D eigenvalue weighted by Gasteiger charge is -2.41. The SMILES string of the molecule is Nc1ncnc2c1c(-c1ccc3c(ccn3Cc3ccccc3Cl)c1)nn2C1CCN(C2CCN(CCO)CC2)CC1. The van der Waals surface area contributed by atoms with Crippen LogP contribution in [0.4, 0.5) is 5.82 Å². The minimum absolute atomic E-state index is 0.244. The van der Waals surface area contributed by atoms with E-state index >= 15 is 0 Å². The van der Waals surface area contributed by atoms with Crippen LogP contribution in [0.5, 0.6) is 0 Å². The number of β-amino-alcohol motifs (C(OH)–C–C–N with tert-alkyl or cyclic N) is 1. The fraction of sp³-hybridized carbons (Fsp3) is 0.406. The van der Waals surface area contributed by atoms with Gasteiger partial charge in [0, 0.05) is 59.9 Å². The summed E-state index contributed by atoms with van der Waals surface area (Å²) in [5.41, 5.74) is 11.3. The molecule has 2 aliphatic heterocycles. The van der Waals surface area contributed by atoms with Crippen molar-refractivity contribution in [2.45, 2.75) is 44.3 Å². The molecule has 0 radical (unpaired) electrons. The Balaban J connectivity index is 1.13. The van der Waals surface area contributed by atoms with Crippen molar-refractivity contribution in [1.29, 1.82) is 0 Å². The Morgan fingerprint density at radius 3 is 2.50 bits per heavy atom. The van der Waals surface area contributed by atoms with Crippen LogP contribution in [0.2, 0.25) is 5.02 Å². The molecule has 218 valence electrons. The highest BCUT2D eigenvalue weighted by molar-refractivity contribution is 6.31. The summed E-state index contributed by atoms with van der Waals surface area (Å²) >= 11 is 6.44. The Kier molecular flexibility index (Phi) is 7.58. The molecule has 2 saturated heterocycles. The molecule has 0 amide bonds. The highest BCUT2D eigenvalue weighted by Gasteiger charge is 2.30. The van der Waals surface area contributed by atoms with Gasteiger partial charge in [0.05, 0.1) is 18.0 Å². The first kappa shape index (κ1) is 27.3. The van der Waals surface area contributed by atoms with Crippen LogP contribution in [0.1, 0.15) is 37.3 Å². The Hall–Kier alpha value is -3.50. The van der Waals surface area contributed by atoms with Crippen LogP contribution in [0.25, 0.3) is 33.2 Å². The first-order chi connectivity index (χ1) is 20.6. The maximum absolute atomic E-state index is 9.26. The number of anilines is 1. The first-order valence-electron chi connectivity index (χ1n) is 15.0. The molecule has 5 aromatic rings. The van der Waals surface area contributed by atoms with E-state index in [1.807, 2.05) is 18.2 Å². The fourth-order valence-electron chi connectivity index (χ4n) is 6.89. The van der Waals surface area contributed by atoms with Crippen LogP contribution in [-0.2, 0) is 6.54 Å². The van der Waals surface area contributed by atoms with Crippen molar-refractivity contribution in [3.8, 4) is 11.3 Å². The molecular weight excluding hydrogens is 548 g/mol. The second kappa shape index (κ2) is 11.6. The first-order valence-corrected chi connectivity index (χ1v) is 15.4. The number of hydrogen-bond donors (Lipinski definition) is 2. The Morgan fingerprint density at radius 1 is 0.929 bits per heavy atom. The van der Waals surface area contributed by atoms with Crippen molar-refractivity contribution in [2.75, 3.05) is 45.1 Å². The molecule has 7 rings (SSSR count). The van der Waals surface area contributed by atoms with Crippen molar-refractivity contribution in [1.82, 2.24) is 34.1 Å². The number of benzene rings is 2. The second-order valence-electron chi connectivity index (χ2n) is 11.6. The lowest BCUT2D eigenvalue weighted by Crippen LogP contribution is -2.48. The van der Waals surface area contributed by atoms with Crippen LogP contribution < -0.4 is 5.73 Å². The van der Waals surface area contributed by atoms with E-state index in [0.717, 1.165) is 89.3 Å². The van der Waals surface area contributed by atoms with Gasteiger partial charge in [-0.15, -0.1) is 0 Å². The number of rotatable bonds is 7. The third-order valence-electron chi connectivity index (χ3n) is 9.20. The molecule has 0 saturated carbocycles. The molecule has 2 aromatic carbocycles. The zero-order valence-electron chi connectivity index (χ0n) is 23.7. The molecular formula is C32H37ClN8O. The zero-order valence-corrected chi connectivity index (χ0v) is 24.5. The van der Waals surface area contributed by atoms with Crippen LogP contribution in [-0.4, -0.2) is 84.6 Å². The average Bonchev–Trinajstić information content (AvgIpc) is 3.61. The predicted molar refractivity (Wildman–Crippen MR) is 168 cm³/mol. The molecule has 0 spiro atoms. The maximum Gasteiger partial charge on any atom is 0.164 e. The number of fused-ring (bicyclic) bond motifs is 2. The van der Waals surface area contributed by atoms with Gasteiger partial charge in [-0.1, -0.05) is 35.9 Å². The summed E-state index contributed by atoms with van der Waals surface area (Å²) in [6.45, 7) is 5.99. The zero-order chi connectivity index (χ0) is 28.6. The summed E-state index contributed by atoms with van der Waals surface area (Å²) < 4.78 is 4.33. The third-order valence-corrected chi connectivity index (χ3v) is 9.56. The molecule has 0 atom stereocenters. The molecule has 2 fully saturated rings. The number of hydrogen-bond acceptors (Lipinski definition) is 7. The summed E-state index contributed by atoms with van der Waals surface area (Å²) in [5.74, 6) is 0.463. The van der Waals surface area contributed by atoms with E-state index in [4.69, 9.17) is 22.4 Å². The number of aliphatic hydroxyl groups is 1. The molecule has 3 N–H and O–H groups in total. The van der Waals surface area contributed by atoms with Gasteiger partial charge in [-0.05, 0) is 68.6 Å². The van der Waals surface area contributed by atoms with Gasteiger partial charge in [-0.3, -0.25) is 0 Å². The smallest absolute Gasteiger partial charge is 0.164 e. The van der Waals surface area contributed by atoms with E-state index in [2.05, 4.69) is 65.5 Å². The number of nitrogen functional groups attached to an aromatic ring is 1. The Morgan fingerprint density at radius 2 is 1.71 bits per heavy atom. The molecule has 0 bridgehead atoms. The normalized spacial score (nSPS) is 18.0. The number of piperidine rings is 2. The quantitative estimate of drug-likeness (QED) is 0.283. The fourth-order valence-corrected chi connectivity index (χ4v) is 7.09. The van der Waals surface area contributed by atoms with Crippen molar-refractivity contribution >= 4 is 39.4 Å². The van der Waals surface area contributed by atoms with Crippen LogP contribution in [0.15, 0.2) is 61.1 Å². The highest BCUT2D eigenvalue weighted by Crippen LogP contribution is 2.36. The van der Waals surface area contributed by atoms with Crippen molar-refractivity contribution in [3.05, 3.63) is 71.6 Å². The minimum Gasteiger partial charge on any atom is -0.395 e. The number of likely N-dealkylation sites (tertiary alicyclic amines) is 2. The highest BCUT2D eigenvalue weighted by atomic mass is 35.5. The Bertz CT molecular complexity index is 1700. The van der Waals surface area contributed by atoms with Crippen LogP contribution in [0, 0.1) is 0 Å². The van der Waals surface area contributed by atoms with E-state index < -0.39 is 0 Å². The van der Waals surface area contributed by atoms with Crippen LogP contribution >= 0.6 is 11.6 Å².